The summed E-state index contributed by atoms with van der Waals surface area (Å²) in [5, 5.41) is 7.84. The van der Waals surface area contributed by atoms with E-state index in [4.69, 9.17) is 22.2 Å². The molecule has 0 radical (unpaired) electrons. The van der Waals surface area contributed by atoms with Gasteiger partial charge in [0.2, 0.25) is 11.7 Å². The number of nitrogens with two attached hydrogens (primary N) is 1. The number of nitrogen functional groups attached to an aromatic ring is 1. The quantitative estimate of drug-likeness (QED) is 0.0642. The van der Waals surface area contributed by atoms with Crippen molar-refractivity contribution in [1.29, 1.82) is 0 Å². The number of nitrogens with one attached hydrogen (secondary N) is 1. The zero-order valence-electron chi connectivity index (χ0n) is 28.8. The predicted octanol–water partition coefficient (Wildman–Crippen LogP) is 8.07. The van der Waals surface area contributed by atoms with Crippen LogP contribution < -0.4 is 16.0 Å². The number of rotatable bonds is 10. The lowest BCUT2D eigenvalue weighted by Crippen LogP contribution is -2.33. The smallest absolute Gasteiger partial charge is 0.406 e. The number of hydrogen-bond acceptors (Lipinski definition) is 7. The highest BCUT2D eigenvalue weighted by atomic mass is 35.5. The molecule has 5 rings (SSSR count). The molecular formula is C34H39ClF6N8O2. The van der Waals surface area contributed by atoms with Crippen LogP contribution in [0, 0.1) is 17.5 Å². The molecule has 0 spiro atoms. The Labute approximate surface area is 296 Å². The third-order valence-corrected chi connectivity index (χ3v) is 6.74. The summed E-state index contributed by atoms with van der Waals surface area (Å²) < 4.78 is 91.4. The number of benzene rings is 2. The van der Waals surface area contributed by atoms with Crippen molar-refractivity contribution in [1.82, 2.24) is 34.7 Å². The summed E-state index contributed by atoms with van der Waals surface area (Å²) >= 11 is 5.76. The summed E-state index contributed by atoms with van der Waals surface area (Å²) in [5.41, 5.74) is 1.73. The molecule has 0 bridgehead atoms. The molecule has 0 unspecified atom stereocenters. The minimum Gasteiger partial charge on any atom is -0.473 e. The molecule has 51 heavy (non-hydrogen) atoms. The summed E-state index contributed by atoms with van der Waals surface area (Å²) in [6, 6.07) is 10.2. The summed E-state index contributed by atoms with van der Waals surface area (Å²) in [6.07, 6.45) is -2.83. The lowest BCUT2D eigenvalue weighted by molar-refractivity contribution is -0.141. The Morgan fingerprint density at radius 3 is 2.25 bits per heavy atom. The number of hydrogen-bond donors (Lipinski definition) is 2. The van der Waals surface area contributed by atoms with Crippen molar-refractivity contribution in [3.05, 3.63) is 112 Å². The number of ether oxygens (including phenoxy) is 1. The van der Waals surface area contributed by atoms with Gasteiger partial charge in [-0.2, -0.15) is 13.2 Å². The lowest BCUT2D eigenvalue weighted by atomic mass is 10.0. The van der Waals surface area contributed by atoms with Crippen molar-refractivity contribution >= 4 is 17.5 Å². The van der Waals surface area contributed by atoms with E-state index in [9.17, 15) is 22.4 Å². The Morgan fingerprint density at radius 1 is 0.922 bits per heavy atom. The number of alkyl halides is 3. The minimum absolute atomic E-state index is 0.0225. The largest absolute Gasteiger partial charge is 0.473 e. The lowest BCUT2D eigenvalue weighted by Gasteiger charge is -2.14. The summed E-state index contributed by atoms with van der Waals surface area (Å²) in [5.74, 6) is 1.57. The first-order chi connectivity index (χ1) is 24.4. The molecular weight excluding hydrogens is 702 g/mol. The van der Waals surface area contributed by atoms with E-state index in [1.807, 2.05) is 47.0 Å². The Kier molecular flexibility index (Phi) is 16.6. The van der Waals surface area contributed by atoms with Crippen molar-refractivity contribution in [2.24, 2.45) is 5.84 Å². The van der Waals surface area contributed by atoms with Gasteiger partial charge in [-0.05, 0) is 35.9 Å². The Balaban J connectivity index is 0.00000143. The van der Waals surface area contributed by atoms with Crippen molar-refractivity contribution in [3.63, 3.8) is 0 Å². The van der Waals surface area contributed by atoms with Crippen LogP contribution in [0.3, 0.4) is 0 Å². The molecule has 1 amide bonds. The van der Waals surface area contributed by atoms with Gasteiger partial charge in [-0.1, -0.05) is 65.3 Å². The fourth-order valence-electron chi connectivity index (χ4n) is 4.37. The third-order valence-electron chi connectivity index (χ3n) is 6.50. The highest BCUT2D eigenvalue weighted by Crippen LogP contribution is 2.28. The zero-order chi connectivity index (χ0) is 38.3. The number of hydrazine groups is 1. The molecule has 0 aliphatic heterocycles. The van der Waals surface area contributed by atoms with Crippen molar-refractivity contribution < 1.29 is 35.9 Å². The molecule has 0 aliphatic carbocycles. The number of halogens is 7. The van der Waals surface area contributed by atoms with E-state index in [2.05, 4.69) is 20.2 Å². The van der Waals surface area contributed by atoms with Crippen LogP contribution in [0.2, 0.25) is 5.02 Å². The first-order valence-corrected chi connectivity index (χ1v) is 16.3. The van der Waals surface area contributed by atoms with Gasteiger partial charge in [-0.3, -0.25) is 10.2 Å². The van der Waals surface area contributed by atoms with Gasteiger partial charge in [0, 0.05) is 34.8 Å². The van der Waals surface area contributed by atoms with Crippen molar-refractivity contribution in [2.45, 2.75) is 73.8 Å². The van der Waals surface area contributed by atoms with Gasteiger partial charge in [0.15, 0.2) is 0 Å². The molecule has 10 nitrogen and oxygen atoms in total. The normalized spacial score (nSPS) is 10.5. The van der Waals surface area contributed by atoms with Gasteiger partial charge in [0.05, 0.1) is 24.3 Å². The number of nitrogens with zero attached hydrogens (tertiary/aromatic N) is 6. The van der Waals surface area contributed by atoms with Crippen LogP contribution in [0.1, 0.15) is 74.8 Å². The maximum Gasteiger partial charge on any atom is 0.406 e. The summed E-state index contributed by atoms with van der Waals surface area (Å²) in [6.45, 7) is 10.1. The average molecular weight is 741 g/mol. The van der Waals surface area contributed by atoms with Crippen LogP contribution in [-0.4, -0.2) is 41.4 Å². The number of pyridine rings is 1. The molecule has 3 heterocycles. The van der Waals surface area contributed by atoms with Gasteiger partial charge >= 0.3 is 12.1 Å². The number of carbonyl (C=O) groups excluding carboxylic acids is 1. The van der Waals surface area contributed by atoms with Crippen LogP contribution >= 0.6 is 11.6 Å². The first kappa shape index (κ1) is 42.2. The van der Waals surface area contributed by atoms with Gasteiger partial charge in [-0.15, -0.1) is 10.2 Å². The fourth-order valence-corrected chi connectivity index (χ4v) is 4.53. The van der Waals surface area contributed by atoms with Gasteiger partial charge in [0.1, 0.15) is 36.4 Å². The standard InChI is InChI=1S/C28H21ClF6N8O2.3C2H6/c29-17-5-4-15(20(30)8-17)12-45-25-3-1-2-23(38-25)19-9-21(31)16(6-22(19)32)7-24-40-41-26(27(44)39-36)43(24)11-18-10-37-14-42(18)13-28(33,34)35;3*1-2/h1-6,8-10,14H,7,11-13,36H2,(H,39,44);3*1-2H3. The van der Waals surface area contributed by atoms with Gasteiger partial charge in [0.25, 0.3) is 0 Å². The molecule has 0 saturated heterocycles. The topological polar surface area (TPSA) is 126 Å². The maximum absolute atomic E-state index is 15.4. The maximum atomic E-state index is 15.4. The zero-order valence-corrected chi connectivity index (χ0v) is 29.6. The Bertz CT molecular complexity index is 1860. The van der Waals surface area contributed by atoms with Crippen molar-refractivity contribution in [2.75, 3.05) is 0 Å². The van der Waals surface area contributed by atoms with E-state index < -0.39 is 42.5 Å². The first-order valence-electron chi connectivity index (χ1n) is 15.9. The van der Waals surface area contributed by atoms with Crippen LogP contribution in [-0.2, 0) is 26.1 Å². The highest BCUT2D eigenvalue weighted by Gasteiger charge is 2.29. The van der Waals surface area contributed by atoms with E-state index in [-0.39, 0.29) is 63.8 Å². The number of amides is 1. The average Bonchev–Trinajstić information content (AvgIpc) is 3.73. The molecule has 0 saturated carbocycles. The van der Waals surface area contributed by atoms with E-state index in [0.717, 1.165) is 39.9 Å². The van der Waals surface area contributed by atoms with Crippen LogP contribution in [0.15, 0.2) is 61.1 Å². The second kappa shape index (κ2) is 20.0. The molecule has 3 N–H and O–H groups in total. The van der Waals surface area contributed by atoms with E-state index in [1.165, 1.54) is 30.3 Å². The second-order valence-electron chi connectivity index (χ2n) is 9.61. The number of imidazole rings is 1. The second-order valence-corrected chi connectivity index (χ2v) is 10.0. The Morgan fingerprint density at radius 2 is 1.61 bits per heavy atom. The van der Waals surface area contributed by atoms with Gasteiger partial charge < -0.3 is 13.9 Å². The fraction of sp³-hybridized carbons (Fsp3) is 0.324. The van der Waals surface area contributed by atoms with E-state index in [0.29, 0.717) is 0 Å². The summed E-state index contributed by atoms with van der Waals surface area (Å²) in [7, 11) is 0. The predicted molar refractivity (Wildman–Crippen MR) is 181 cm³/mol. The number of aromatic nitrogens is 6. The molecule has 0 aliphatic rings. The molecule has 5 aromatic rings. The van der Waals surface area contributed by atoms with Crippen LogP contribution in [0.25, 0.3) is 11.3 Å². The van der Waals surface area contributed by atoms with Gasteiger partial charge in [-0.25, -0.2) is 29.0 Å². The molecule has 0 atom stereocenters. The Hall–Kier alpha value is -4.96. The summed E-state index contributed by atoms with van der Waals surface area (Å²) in [4.78, 5) is 20.2. The third kappa shape index (κ3) is 11.5. The van der Waals surface area contributed by atoms with E-state index >= 15 is 8.78 Å². The molecule has 3 aromatic heterocycles. The molecule has 2 aromatic carbocycles. The highest BCUT2D eigenvalue weighted by molar-refractivity contribution is 6.30. The van der Waals surface area contributed by atoms with Crippen LogP contribution in [0.4, 0.5) is 26.3 Å². The molecule has 276 valence electrons. The monoisotopic (exact) mass is 740 g/mol. The molecule has 0 fully saturated rings. The minimum atomic E-state index is -4.56. The van der Waals surface area contributed by atoms with E-state index in [1.54, 1.807) is 0 Å². The SMILES string of the molecule is CC.CC.CC.NNC(=O)c1nnc(Cc2cc(F)c(-c3cccc(OCc4ccc(Cl)cc4F)n3)cc2F)n1Cc1cncn1CC(F)(F)F. The number of carbonyl (C=O) groups is 1. The molecule has 17 heteroatoms. The van der Waals surface area contributed by atoms with Crippen LogP contribution in [0.5, 0.6) is 5.88 Å². The van der Waals surface area contributed by atoms with Crippen molar-refractivity contribution in [3.8, 4) is 17.1 Å².